The van der Waals surface area contributed by atoms with Crippen molar-refractivity contribution in [3.05, 3.63) is 100 Å². The molecule has 0 fully saturated rings. The summed E-state index contributed by atoms with van der Waals surface area (Å²) in [6.45, 7) is 1.41. The summed E-state index contributed by atoms with van der Waals surface area (Å²) >= 11 is 1.13. The van der Waals surface area contributed by atoms with E-state index in [0.717, 1.165) is 31.8 Å². The van der Waals surface area contributed by atoms with Crippen molar-refractivity contribution in [2.24, 2.45) is 4.99 Å². The highest BCUT2D eigenvalue weighted by atomic mass is 32.1. The van der Waals surface area contributed by atoms with E-state index in [1.54, 1.807) is 36.4 Å². The maximum Gasteiger partial charge on any atom is 0.433 e. The van der Waals surface area contributed by atoms with E-state index in [2.05, 4.69) is 15.1 Å². The summed E-state index contributed by atoms with van der Waals surface area (Å²) in [5.74, 6) is 0. The van der Waals surface area contributed by atoms with E-state index in [0.29, 0.717) is 11.2 Å². The van der Waals surface area contributed by atoms with Crippen LogP contribution >= 0.6 is 11.3 Å². The number of aromatic nitrogens is 3. The van der Waals surface area contributed by atoms with Crippen molar-refractivity contribution in [3.63, 3.8) is 0 Å². The Morgan fingerprint density at radius 2 is 1.65 bits per heavy atom. The number of fused-ring (bicyclic) bond motifs is 1. The second-order valence-corrected chi connectivity index (χ2v) is 8.55. The fourth-order valence-electron chi connectivity index (χ4n) is 3.74. The molecule has 9 heteroatoms. The van der Waals surface area contributed by atoms with Crippen LogP contribution in [0.3, 0.4) is 0 Å². The van der Waals surface area contributed by atoms with Gasteiger partial charge in [0, 0.05) is 5.56 Å². The van der Waals surface area contributed by atoms with Crippen molar-refractivity contribution in [1.82, 2.24) is 14.8 Å². The first-order valence-electron chi connectivity index (χ1n) is 10.3. The molecular formula is C25H17F3N4OS. The third-order valence-electron chi connectivity index (χ3n) is 5.29. The Kier molecular flexibility index (Phi) is 5.41. The summed E-state index contributed by atoms with van der Waals surface area (Å²) in [6, 6.07) is 23.6. The van der Waals surface area contributed by atoms with E-state index < -0.39 is 23.0 Å². The minimum Gasteiger partial charge on any atom is -0.284 e. The minimum absolute atomic E-state index is 0.0446. The summed E-state index contributed by atoms with van der Waals surface area (Å²) in [5.41, 5.74) is 0.0869. The van der Waals surface area contributed by atoms with Crippen LogP contribution in [0.5, 0.6) is 0 Å². The van der Waals surface area contributed by atoms with Gasteiger partial charge in [-0.25, -0.2) is 4.98 Å². The van der Waals surface area contributed by atoms with Crippen molar-refractivity contribution < 1.29 is 13.2 Å². The van der Waals surface area contributed by atoms with Crippen molar-refractivity contribution in [1.29, 1.82) is 0 Å². The van der Waals surface area contributed by atoms with E-state index >= 15 is 0 Å². The molecule has 1 N–H and O–H groups in total. The number of hydrogen-bond donors (Lipinski definition) is 1. The summed E-state index contributed by atoms with van der Waals surface area (Å²) in [7, 11) is 0. The van der Waals surface area contributed by atoms with Gasteiger partial charge in [-0.05, 0) is 30.7 Å². The molecule has 0 unspecified atom stereocenters. The van der Waals surface area contributed by atoms with Gasteiger partial charge in [-0.3, -0.25) is 14.9 Å². The number of rotatable bonds is 4. The molecule has 0 atom stereocenters. The maximum absolute atomic E-state index is 13.9. The predicted octanol–water partition coefficient (Wildman–Crippen LogP) is 6.60. The Balaban J connectivity index is 1.67. The molecule has 0 amide bonds. The Bertz CT molecular complexity index is 1550. The van der Waals surface area contributed by atoms with Crippen LogP contribution in [0.25, 0.3) is 26.5 Å². The smallest absolute Gasteiger partial charge is 0.284 e. The molecule has 0 saturated heterocycles. The van der Waals surface area contributed by atoms with Crippen LogP contribution in [0.2, 0.25) is 0 Å². The Morgan fingerprint density at radius 1 is 0.971 bits per heavy atom. The van der Waals surface area contributed by atoms with Crippen LogP contribution in [0.1, 0.15) is 18.2 Å². The number of thiazole rings is 1. The minimum atomic E-state index is -4.79. The van der Waals surface area contributed by atoms with Gasteiger partial charge in [0.1, 0.15) is 0 Å². The second-order valence-electron chi connectivity index (χ2n) is 7.54. The number of aliphatic imine (C=N–C) groups is 1. The number of para-hydroxylation sites is 2. The zero-order valence-electron chi connectivity index (χ0n) is 17.8. The highest BCUT2D eigenvalue weighted by molar-refractivity contribution is 7.20. The lowest BCUT2D eigenvalue weighted by molar-refractivity contribution is -0.141. The summed E-state index contributed by atoms with van der Waals surface area (Å²) in [5, 5.41) is 2.35. The molecule has 0 radical (unpaired) electrons. The Hall–Kier alpha value is -3.98. The molecule has 0 aliphatic rings. The van der Waals surface area contributed by atoms with Gasteiger partial charge in [0.25, 0.3) is 5.56 Å². The van der Waals surface area contributed by atoms with Gasteiger partial charge in [0.2, 0.25) is 5.13 Å². The number of H-pyrrole nitrogens is 1. The van der Waals surface area contributed by atoms with Crippen molar-refractivity contribution in [3.8, 4) is 16.3 Å². The van der Waals surface area contributed by atoms with Crippen molar-refractivity contribution in [2.75, 3.05) is 0 Å². The second kappa shape index (κ2) is 8.42. The first-order valence-corrected chi connectivity index (χ1v) is 11.1. The fraction of sp³-hybridized carbons (Fsp3) is 0.0800. The van der Waals surface area contributed by atoms with Crippen LogP contribution in [0, 0.1) is 0 Å². The maximum atomic E-state index is 13.9. The molecule has 2 heterocycles. The lowest BCUT2D eigenvalue weighted by Crippen LogP contribution is -2.20. The largest absolute Gasteiger partial charge is 0.433 e. The Morgan fingerprint density at radius 3 is 2.38 bits per heavy atom. The number of hydrogen-bond acceptors (Lipinski definition) is 4. The molecule has 170 valence electrons. The van der Waals surface area contributed by atoms with E-state index in [1.807, 2.05) is 42.5 Å². The molecule has 5 rings (SSSR count). The van der Waals surface area contributed by atoms with E-state index in [4.69, 9.17) is 0 Å². The standard InChI is InChI=1S/C25H17F3N4OS/c1-15(29-18-12-6-5-11-17(18)16-9-3-2-4-10-16)21-22(25(26,27)28)31-32(23(21)33)24-30-19-13-7-8-14-20(19)34-24/h2-14,31H,1H3. The molecule has 0 saturated carbocycles. The lowest BCUT2D eigenvalue weighted by atomic mass is 10.0. The number of halogens is 3. The first-order chi connectivity index (χ1) is 16.3. The molecule has 34 heavy (non-hydrogen) atoms. The molecule has 0 spiro atoms. The van der Waals surface area contributed by atoms with E-state index in [-0.39, 0.29) is 10.8 Å². The monoisotopic (exact) mass is 478 g/mol. The first kappa shape index (κ1) is 21.8. The zero-order valence-corrected chi connectivity index (χ0v) is 18.6. The normalized spacial score (nSPS) is 12.4. The summed E-state index contributed by atoms with van der Waals surface area (Å²) in [6.07, 6.45) is -4.79. The SMILES string of the molecule is CC(=Nc1ccccc1-c1ccccc1)c1c(C(F)(F)F)[nH]n(-c2nc3ccccc3s2)c1=O. The van der Waals surface area contributed by atoms with Crippen molar-refractivity contribution in [2.45, 2.75) is 13.1 Å². The molecule has 5 nitrogen and oxygen atoms in total. The average molecular weight is 478 g/mol. The van der Waals surface area contributed by atoms with Crippen molar-refractivity contribution >= 4 is 33.0 Å². The van der Waals surface area contributed by atoms with Crippen LogP contribution in [0.15, 0.2) is 88.6 Å². The summed E-state index contributed by atoms with van der Waals surface area (Å²) in [4.78, 5) is 22.0. The topological polar surface area (TPSA) is 63.0 Å². The lowest BCUT2D eigenvalue weighted by Gasteiger charge is -2.08. The zero-order chi connectivity index (χ0) is 23.9. The van der Waals surface area contributed by atoms with Crippen LogP contribution < -0.4 is 5.56 Å². The highest BCUT2D eigenvalue weighted by Crippen LogP contribution is 2.34. The third kappa shape index (κ3) is 3.94. The number of nitrogens with zero attached hydrogens (tertiary/aromatic N) is 3. The number of benzene rings is 3. The van der Waals surface area contributed by atoms with Gasteiger partial charge in [-0.1, -0.05) is 72.0 Å². The Labute approximate surface area is 195 Å². The van der Waals surface area contributed by atoms with E-state index in [1.165, 1.54) is 6.92 Å². The van der Waals surface area contributed by atoms with Gasteiger partial charge in [0.05, 0.1) is 27.2 Å². The van der Waals surface area contributed by atoms with Gasteiger partial charge in [-0.2, -0.15) is 17.9 Å². The number of alkyl halides is 3. The molecule has 5 aromatic rings. The van der Waals surface area contributed by atoms with Gasteiger partial charge in [0.15, 0.2) is 5.69 Å². The van der Waals surface area contributed by atoms with Gasteiger partial charge < -0.3 is 0 Å². The number of nitrogens with one attached hydrogen (secondary N) is 1. The summed E-state index contributed by atoms with van der Waals surface area (Å²) < 4.78 is 43.4. The molecule has 0 aliphatic heterocycles. The van der Waals surface area contributed by atoms with E-state index in [9.17, 15) is 18.0 Å². The molecule has 0 aliphatic carbocycles. The highest BCUT2D eigenvalue weighted by Gasteiger charge is 2.39. The van der Waals surface area contributed by atoms with Crippen LogP contribution in [0.4, 0.5) is 18.9 Å². The van der Waals surface area contributed by atoms with Crippen LogP contribution in [-0.2, 0) is 6.18 Å². The predicted molar refractivity (Wildman–Crippen MR) is 128 cm³/mol. The van der Waals surface area contributed by atoms with Crippen LogP contribution in [-0.4, -0.2) is 20.5 Å². The number of aromatic amines is 1. The van der Waals surface area contributed by atoms with Gasteiger partial charge in [-0.15, -0.1) is 0 Å². The fourth-order valence-corrected chi connectivity index (χ4v) is 4.66. The molecule has 2 aromatic heterocycles. The van der Waals surface area contributed by atoms with Gasteiger partial charge >= 0.3 is 6.18 Å². The molecule has 0 bridgehead atoms. The average Bonchev–Trinajstić information content (AvgIpc) is 3.41. The quantitative estimate of drug-likeness (QED) is 0.296. The third-order valence-corrected chi connectivity index (χ3v) is 6.31. The molecular weight excluding hydrogens is 461 g/mol. The molecule has 3 aromatic carbocycles.